The Hall–Kier alpha value is -3.24. The summed E-state index contributed by atoms with van der Waals surface area (Å²) in [6.45, 7) is 4.73. The lowest BCUT2D eigenvalue weighted by molar-refractivity contribution is -0.118. The molecule has 0 saturated carbocycles. The Morgan fingerprint density at radius 2 is 1.70 bits per heavy atom. The van der Waals surface area contributed by atoms with Gasteiger partial charge in [0.15, 0.2) is 5.78 Å². The van der Waals surface area contributed by atoms with Gasteiger partial charge >= 0.3 is 0 Å². The number of carbonyl (C=O) groups excluding carboxylic acids is 1. The summed E-state index contributed by atoms with van der Waals surface area (Å²) in [5.41, 5.74) is 5.65. The van der Waals surface area contributed by atoms with Gasteiger partial charge in [0.2, 0.25) is 0 Å². The van der Waals surface area contributed by atoms with Crippen molar-refractivity contribution in [3.8, 4) is 5.75 Å². The molecule has 0 bridgehead atoms. The molecule has 0 saturated heterocycles. The molecule has 1 heterocycles. The minimum Gasteiger partial charge on any atom is -0.487 e. The van der Waals surface area contributed by atoms with E-state index in [0.29, 0.717) is 23.8 Å². The minimum atomic E-state index is -0.291. The first-order valence-corrected chi connectivity index (χ1v) is 11.6. The van der Waals surface area contributed by atoms with E-state index < -0.39 is 0 Å². The molecule has 0 radical (unpaired) electrons. The summed E-state index contributed by atoms with van der Waals surface area (Å²) in [6, 6.07) is 23.6. The van der Waals surface area contributed by atoms with Crippen LogP contribution in [0.1, 0.15) is 43.9 Å². The Labute approximate surface area is 199 Å². The van der Waals surface area contributed by atoms with E-state index in [9.17, 15) is 4.79 Å². The summed E-state index contributed by atoms with van der Waals surface area (Å²) in [5.74, 6) is 0.793. The molecule has 1 aliphatic carbocycles. The van der Waals surface area contributed by atoms with E-state index in [2.05, 4.69) is 24.5 Å². The predicted molar refractivity (Wildman–Crippen MR) is 134 cm³/mol. The van der Waals surface area contributed by atoms with Crippen LogP contribution in [0, 0.1) is 5.41 Å². The van der Waals surface area contributed by atoms with Crippen LogP contribution in [0.4, 0.5) is 11.4 Å². The van der Waals surface area contributed by atoms with Gasteiger partial charge in [-0.25, -0.2) is 0 Å². The van der Waals surface area contributed by atoms with Gasteiger partial charge in [-0.2, -0.15) is 0 Å². The summed E-state index contributed by atoms with van der Waals surface area (Å²) in [6.07, 6.45) is 1.33. The van der Waals surface area contributed by atoms with Gasteiger partial charge in [0.05, 0.1) is 22.4 Å². The number of carbonyl (C=O) groups is 1. The Morgan fingerprint density at radius 3 is 2.45 bits per heavy atom. The number of nitrogens with one attached hydrogen (secondary N) is 2. The van der Waals surface area contributed by atoms with Gasteiger partial charge in [-0.3, -0.25) is 4.79 Å². The topological polar surface area (TPSA) is 50.4 Å². The normalized spacial score (nSPS) is 19.0. The second-order valence-corrected chi connectivity index (χ2v) is 9.95. The molecule has 3 aromatic rings. The average Bonchev–Trinajstić information content (AvgIpc) is 2.94. The number of benzene rings is 3. The van der Waals surface area contributed by atoms with Gasteiger partial charge in [0.25, 0.3) is 0 Å². The monoisotopic (exact) mass is 458 g/mol. The van der Waals surface area contributed by atoms with Crippen molar-refractivity contribution < 1.29 is 9.53 Å². The first kappa shape index (κ1) is 21.6. The van der Waals surface area contributed by atoms with Crippen molar-refractivity contribution in [2.75, 3.05) is 10.6 Å². The maximum absolute atomic E-state index is 13.3. The number of halogens is 1. The van der Waals surface area contributed by atoms with Crippen molar-refractivity contribution in [2.24, 2.45) is 5.41 Å². The third-order valence-electron chi connectivity index (χ3n) is 6.25. The molecule has 1 atom stereocenters. The van der Waals surface area contributed by atoms with Gasteiger partial charge in [0.1, 0.15) is 12.4 Å². The molecule has 3 aromatic carbocycles. The third kappa shape index (κ3) is 4.49. The number of hydrogen-bond acceptors (Lipinski definition) is 4. The number of anilines is 2. The summed E-state index contributed by atoms with van der Waals surface area (Å²) >= 11 is 6.64. The van der Waals surface area contributed by atoms with Gasteiger partial charge in [-0.05, 0) is 47.2 Å². The molecule has 0 spiro atoms. The molecular weight excluding hydrogens is 432 g/mol. The quantitative estimate of drug-likeness (QED) is 0.436. The molecule has 168 valence electrons. The molecule has 2 aliphatic rings. The summed E-state index contributed by atoms with van der Waals surface area (Å²) in [4.78, 5) is 13.3. The highest BCUT2D eigenvalue weighted by molar-refractivity contribution is 6.32. The Kier molecular flexibility index (Phi) is 5.63. The molecule has 1 aliphatic heterocycles. The zero-order valence-corrected chi connectivity index (χ0v) is 19.6. The molecule has 0 amide bonds. The number of rotatable bonds is 4. The fourth-order valence-corrected chi connectivity index (χ4v) is 4.93. The number of Topliss-reactive ketones (excluding diaryl/α,β-unsaturated/α-hetero) is 1. The van der Waals surface area contributed by atoms with E-state index in [0.717, 1.165) is 40.2 Å². The summed E-state index contributed by atoms with van der Waals surface area (Å²) < 4.78 is 5.96. The van der Waals surface area contributed by atoms with E-state index in [1.165, 1.54) is 0 Å². The molecule has 0 aromatic heterocycles. The van der Waals surface area contributed by atoms with Crippen molar-refractivity contribution in [1.82, 2.24) is 0 Å². The second kappa shape index (κ2) is 8.60. The fraction of sp³-hybridized carbons (Fsp3) is 0.250. The molecular formula is C28H27ClN2O2. The zero-order chi connectivity index (χ0) is 23.0. The first-order valence-electron chi connectivity index (χ1n) is 11.2. The number of ether oxygens (including phenoxy) is 1. The van der Waals surface area contributed by atoms with Crippen LogP contribution in [0.25, 0.3) is 0 Å². The molecule has 5 heteroatoms. The zero-order valence-electron chi connectivity index (χ0n) is 18.8. The second-order valence-electron chi connectivity index (χ2n) is 9.55. The van der Waals surface area contributed by atoms with Crippen LogP contribution >= 0.6 is 11.6 Å². The fourth-order valence-electron chi connectivity index (χ4n) is 4.69. The SMILES string of the molecule is CC1(C)CC(=O)C2=C(C1)Nc1ccccc1NC2c1ccc(OCc2ccccc2)c(Cl)c1. The van der Waals surface area contributed by atoms with Crippen LogP contribution in [0.15, 0.2) is 84.1 Å². The van der Waals surface area contributed by atoms with E-state index in [-0.39, 0.29) is 17.2 Å². The Balaban J connectivity index is 1.50. The number of para-hydroxylation sites is 2. The molecule has 33 heavy (non-hydrogen) atoms. The molecule has 2 N–H and O–H groups in total. The lowest BCUT2D eigenvalue weighted by Gasteiger charge is -2.34. The van der Waals surface area contributed by atoms with Gasteiger partial charge in [-0.15, -0.1) is 0 Å². The number of fused-ring (bicyclic) bond motifs is 1. The maximum Gasteiger partial charge on any atom is 0.163 e. The van der Waals surface area contributed by atoms with Crippen molar-refractivity contribution in [1.29, 1.82) is 0 Å². The smallest absolute Gasteiger partial charge is 0.163 e. The highest BCUT2D eigenvalue weighted by Crippen LogP contribution is 2.46. The van der Waals surface area contributed by atoms with Crippen molar-refractivity contribution in [3.05, 3.63) is 100 Å². The van der Waals surface area contributed by atoms with Crippen molar-refractivity contribution in [3.63, 3.8) is 0 Å². The number of ketones is 1. The Morgan fingerprint density at radius 1 is 0.970 bits per heavy atom. The molecule has 5 rings (SSSR count). The lowest BCUT2D eigenvalue weighted by Crippen LogP contribution is -2.31. The lowest BCUT2D eigenvalue weighted by atomic mass is 9.73. The van der Waals surface area contributed by atoms with Gasteiger partial charge < -0.3 is 15.4 Å². The van der Waals surface area contributed by atoms with Crippen LogP contribution < -0.4 is 15.4 Å². The van der Waals surface area contributed by atoms with Crippen LogP contribution in [0.2, 0.25) is 5.02 Å². The van der Waals surface area contributed by atoms with Crippen LogP contribution in [-0.2, 0) is 11.4 Å². The highest BCUT2D eigenvalue weighted by atomic mass is 35.5. The van der Waals surface area contributed by atoms with Crippen LogP contribution in [-0.4, -0.2) is 5.78 Å². The summed E-state index contributed by atoms with van der Waals surface area (Å²) in [5, 5.41) is 7.68. The molecule has 0 fully saturated rings. The van der Waals surface area contributed by atoms with Gasteiger partial charge in [0, 0.05) is 17.7 Å². The summed E-state index contributed by atoms with van der Waals surface area (Å²) in [7, 11) is 0. The number of hydrogen-bond donors (Lipinski definition) is 2. The minimum absolute atomic E-state index is 0.0838. The largest absolute Gasteiger partial charge is 0.487 e. The first-order chi connectivity index (χ1) is 15.9. The van der Waals surface area contributed by atoms with Gasteiger partial charge in [-0.1, -0.05) is 74.0 Å². The molecule has 1 unspecified atom stereocenters. The van der Waals surface area contributed by atoms with E-state index >= 15 is 0 Å². The van der Waals surface area contributed by atoms with Crippen LogP contribution in [0.5, 0.6) is 5.75 Å². The predicted octanol–water partition coefficient (Wildman–Crippen LogP) is 7.14. The highest BCUT2D eigenvalue weighted by Gasteiger charge is 2.38. The van der Waals surface area contributed by atoms with Crippen LogP contribution in [0.3, 0.4) is 0 Å². The third-order valence-corrected chi connectivity index (χ3v) is 6.54. The van der Waals surface area contributed by atoms with Crippen molar-refractivity contribution >= 4 is 28.8 Å². The number of allylic oxidation sites excluding steroid dienone is 1. The maximum atomic E-state index is 13.3. The van der Waals surface area contributed by atoms with E-state index in [1.807, 2.05) is 72.8 Å². The van der Waals surface area contributed by atoms with E-state index in [4.69, 9.17) is 16.3 Å². The standard InChI is InChI=1S/C28H27ClN2O2/c1-28(2)15-23-26(24(32)16-28)27(31-22-11-7-6-10-21(22)30-23)19-12-13-25(20(29)14-19)33-17-18-8-4-3-5-9-18/h3-14,27,30-31H,15-17H2,1-2H3. The average molecular weight is 459 g/mol. The Bertz CT molecular complexity index is 1230. The van der Waals surface area contributed by atoms with Crippen molar-refractivity contribution in [2.45, 2.75) is 39.3 Å². The molecule has 4 nitrogen and oxygen atoms in total. The van der Waals surface area contributed by atoms with E-state index in [1.54, 1.807) is 0 Å².